The van der Waals surface area contributed by atoms with Gasteiger partial charge in [0.2, 0.25) is 5.95 Å². The lowest BCUT2D eigenvalue weighted by atomic mass is 10.1. The average Bonchev–Trinajstić information content (AvgIpc) is 2.55. The molecular formula is C11H18ClN5. The smallest absolute Gasteiger partial charge is 0.239 e. The van der Waals surface area contributed by atoms with Gasteiger partial charge in [-0.3, -0.25) is 5.43 Å². The third kappa shape index (κ3) is 2.79. The Hall–Kier alpha value is -1.07. The number of anilines is 2. The molecule has 0 bridgehead atoms. The van der Waals surface area contributed by atoms with Crippen LogP contribution in [0, 0.1) is 0 Å². The third-order valence-corrected chi connectivity index (χ3v) is 3.45. The van der Waals surface area contributed by atoms with Crippen LogP contribution in [0.15, 0.2) is 6.20 Å². The van der Waals surface area contributed by atoms with E-state index in [0.29, 0.717) is 17.0 Å². The molecule has 1 unspecified atom stereocenters. The lowest BCUT2D eigenvalue weighted by Crippen LogP contribution is -2.33. The van der Waals surface area contributed by atoms with Gasteiger partial charge in [-0.05, 0) is 19.8 Å². The van der Waals surface area contributed by atoms with Crippen LogP contribution in [-0.4, -0.2) is 22.6 Å². The molecule has 2 rings (SSSR count). The van der Waals surface area contributed by atoms with E-state index in [0.717, 1.165) is 12.4 Å². The van der Waals surface area contributed by atoms with E-state index in [1.54, 1.807) is 6.20 Å². The lowest BCUT2D eigenvalue weighted by molar-refractivity contribution is 0.611. The molecule has 1 saturated heterocycles. The Bertz CT molecular complexity index is 384. The van der Waals surface area contributed by atoms with Crippen molar-refractivity contribution in [2.45, 2.75) is 38.6 Å². The van der Waals surface area contributed by atoms with Gasteiger partial charge in [0.25, 0.3) is 0 Å². The van der Waals surface area contributed by atoms with Crippen LogP contribution in [0.3, 0.4) is 0 Å². The molecule has 1 fully saturated rings. The normalized spacial score (nSPS) is 21.1. The molecule has 1 atom stereocenters. The van der Waals surface area contributed by atoms with Crippen molar-refractivity contribution in [3.8, 4) is 0 Å². The summed E-state index contributed by atoms with van der Waals surface area (Å²) in [5.74, 6) is 6.51. The molecule has 1 aliphatic rings. The van der Waals surface area contributed by atoms with Crippen LogP contribution in [0.4, 0.5) is 11.8 Å². The van der Waals surface area contributed by atoms with Gasteiger partial charge in [0.1, 0.15) is 5.02 Å². The summed E-state index contributed by atoms with van der Waals surface area (Å²) in [6.07, 6.45) is 6.48. The fourth-order valence-electron chi connectivity index (χ4n) is 2.22. The van der Waals surface area contributed by atoms with Crippen molar-refractivity contribution in [3.63, 3.8) is 0 Å². The second kappa shape index (κ2) is 5.51. The van der Waals surface area contributed by atoms with Crippen molar-refractivity contribution < 1.29 is 0 Å². The van der Waals surface area contributed by atoms with Gasteiger partial charge in [0.05, 0.1) is 6.20 Å². The second-order valence-electron chi connectivity index (χ2n) is 4.40. The Balaban J connectivity index is 2.29. The molecule has 1 aliphatic heterocycles. The van der Waals surface area contributed by atoms with Crippen LogP contribution in [0.25, 0.3) is 0 Å². The van der Waals surface area contributed by atoms with Gasteiger partial charge >= 0.3 is 0 Å². The Kier molecular flexibility index (Phi) is 4.02. The van der Waals surface area contributed by atoms with Crippen molar-refractivity contribution in [1.82, 2.24) is 9.97 Å². The molecule has 1 aromatic rings. The van der Waals surface area contributed by atoms with E-state index >= 15 is 0 Å². The molecule has 94 valence electrons. The van der Waals surface area contributed by atoms with E-state index in [2.05, 4.69) is 27.2 Å². The lowest BCUT2D eigenvalue weighted by Gasteiger charge is -2.29. The number of nitrogens with two attached hydrogens (primary N) is 1. The summed E-state index contributed by atoms with van der Waals surface area (Å²) in [5.41, 5.74) is 2.46. The van der Waals surface area contributed by atoms with E-state index in [-0.39, 0.29) is 0 Å². The van der Waals surface area contributed by atoms with Gasteiger partial charge in [-0.25, -0.2) is 10.8 Å². The molecule has 0 amide bonds. The van der Waals surface area contributed by atoms with Gasteiger partial charge < -0.3 is 4.90 Å². The number of hydrogen-bond donors (Lipinski definition) is 2. The van der Waals surface area contributed by atoms with Gasteiger partial charge in [-0.1, -0.05) is 24.4 Å². The van der Waals surface area contributed by atoms with E-state index < -0.39 is 0 Å². The highest BCUT2D eigenvalue weighted by molar-refractivity contribution is 6.32. The number of rotatable bonds is 2. The summed E-state index contributed by atoms with van der Waals surface area (Å²) < 4.78 is 0. The average molecular weight is 256 g/mol. The summed E-state index contributed by atoms with van der Waals surface area (Å²) in [7, 11) is 0. The fraction of sp³-hybridized carbons (Fsp3) is 0.636. The molecule has 0 saturated carbocycles. The van der Waals surface area contributed by atoms with Gasteiger partial charge in [0.15, 0.2) is 5.82 Å². The SMILES string of the molecule is CC1CCCCCN1c1nc(NN)ncc1Cl. The van der Waals surface area contributed by atoms with Crippen molar-refractivity contribution in [3.05, 3.63) is 11.2 Å². The summed E-state index contributed by atoms with van der Waals surface area (Å²) in [6, 6.07) is 0.454. The molecule has 0 radical (unpaired) electrons. The maximum Gasteiger partial charge on any atom is 0.239 e. The molecular weight excluding hydrogens is 238 g/mol. The van der Waals surface area contributed by atoms with Gasteiger partial charge in [0, 0.05) is 12.6 Å². The first-order valence-electron chi connectivity index (χ1n) is 5.98. The maximum atomic E-state index is 6.17. The zero-order valence-corrected chi connectivity index (χ0v) is 10.7. The van der Waals surface area contributed by atoms with Crippen molar-refractivity contribution in [2.75, 3.05) is 16.9 Å². The topological polar surface area (TPSA) is 67.1 Å². The predicted molar refractivity (Wildman–Crippen MR) is 70.1 cm³/mol. The van der Waals surface area contributed by atoms with Crippen LogP contribution in [0.1, 0.15) is 32.6 Å². The van der Waals surface area contributed by atoms with Gasteiger partial charge in [-0.2, -0.15) is 4.98 Å². The Labute approximate surface area is 106 Å². The highest BCUT2D eigenvalue weighted by atomic mass is 35.5. The molecule has 0 aromatic carbocycles. The first-order chi connectivity index (χ1) is 8.22. The van der Waals surface area contributed by atoms with E-state index in [9.17, 15) is 0 Å². The molecule has 0 aliphatic carbocycles. The summed E-state index contributed by atoms with van der Waals surface area (Å²) in [5, 5.41) is 0.581. The number of nitrogens with zero attached hydrogens (tertiary/aromatic N) is 3. The zero-order valence-electron chi connectivity index (χ0n) is 9.99. The van der Waals surface area contributed by atoms with Crippen LogP contribution >= 0.6 is 11.6 Å². The molecule has 5 nitrogen and oxygen atoms in total. The number of aromatic nitrogens is 2. The molecule has 0 spiro atoms. The minimum Gasteiger partial charge on any atom is -0.353 e. The monoisotopic (exact) mass is 255 g/mol. The minimum absolute atomic E-state index is 0.404. The zero-order chi connectivity index (χ0) is 12.3. The van der Waals surface area contributed by atoms with Crippen LogP contribution in [0.5, 0.6) is 0 Å². The summed E-state index contributed by atoms with van der Waals surface area (Å²) in [6.45, 7) is 3.20. The molecule has 3 N–H and O–H groups in total. The number of hydrazine groups is 1. The fourth-order valence-corrected chi connectivity index (χ4v) is 2.42. The minimum atomic E-state index is 0.404. The number of nitrogens with one attached hydrogen (secondary N) is 1. The number of nitrogen functional groups attached to an aromatic ring is 1. The summed E-state index contributed by atoms with van der Waals surface area (Å²) >= 11 is 6.17. The third-order valence-electron chi connectivity index (χ3n) is 3.18. The van der Waals surface area contributed by atoms with Crippen molar-refractivity contribution in [1.29, 1.82) is 0 Å². The Morgan fingerprint density at radius 2 is 2.29 bits per heavy atom. The first-order valence-corrected chi connectivity index (χ1v) is 6.36. The van der Waals surface area contributed by atoms with Crippen LogP contribution in [0.2, 0.25) is 5.02 Å². The van der Waals surface area contributed by atoms with Crippen LogP contribution < -0.4 is 16.2 Å². The quantitative estimate of drug-likeness (QED) is 0.626. The van der Waals surface area contributed by atoms with Crippen LogP contribution in [-0.2, 0) is 0 Å². The maximum absolute atomic E-state index is 6.17. The van der Waals surface area contributed by atoms with E-state index in [1.165, 1.54) is 25.7 Å². The largest absolute Gasteiger partial charge is 0.353 e. The van der Waals surface area contributed by atoms with Gasteiger partial charge in [-0.15, -0.1) is 0 Å². The molecule has 6 heteroatoms. The highest BCUT2D eigenvalue weighted by Crippen LogP contribution is 2.28. The highest BCUT2D eigenvalue weighted by Gasteiger charge is 2.21. The van der Waals surface area contributed by atoms with E-state index in [4.69, 9.17) is 17.4 Å². The van der Waals surface area contributed by atoms with Crippen molar-refractivity contribution in [2.24, 2.45) is 5.84 Å². The van der Waals surface area contributed by atoms with E-state index in [1.807, 2.05) is 0 Å². The number of hydrogen-bond acceptors (Lipinski definition) is 5. The standard InChI is InChI=1S/C11H18ClN5/c1-8-5-3-2-4-6-17(8)10-9(12)7-14-11(15-10)16-13/h7-8H,2-6,13H2,1H3,(H,14,15,16). The predicted octanol–water partition coefficient (Wildman–Crippen LogP) is 2.18. The molecule has 2 heterocycles. The Morgan fingerprint density at radius 1 is 1.47 bits per heavy atom. The van der Waals surface area contributed by atoms with Crippen molar-refractivity contribution >= 4 is 23.4 Å². The second-order valence-corrected chi connectivity index (χ2v) is 4.81. The number of halogens is 1. The first kappa shape index (κ1) is 12.4. The summed E-state index contributed by atoms with van der Waals surface area (Å²) in [4.78, 5) is 10.6. The molecule has 1 aromatic heterocycles. The Morgan fingerprint density at radius 3 is 3.06 bits per heavy atom. The molecule has 17 heavy (non-hydrogen) atoms.